The Morgan fingerprint density at radius 2 is 1.88 bits per heavy atom. The second kappa shape index (κ2) is 10.9. The lowest BCUT2D eigenvalue weighted by Gasteiger charge is -2.31. The molecule has 7 rings (SSSR count). The standard InChI is InChI=1S/C35H32NO7/c1-41-35-32(40)26(16-20-6-7-21-17-27-24(12-13-36-27)25-5-2-4-23(20)30(21)25)33-31(34(35)42-15-3-14-37)28(39)18-29(43-33)19-8-10-22(38)11-9-19/h2,4-5,8-13,17,20,29,37-38H,3,6-7,14-16,18H2,1H3,(H,39,40)/q-1/p+1. The lowest BCUT2D eigenvalue weighted by molar-refractivity contribution is 0.192. The summed E-state index contributed by atoms with van der Waals surface area (Å²) < 4.78 is 18.3. The number of hydrogen-bond acceptors (Lipinski definition) is 6. The molecule has 2 heterocycles. The Kier molecular flexibility index (Phi) is 6.86. The van der Waals surface area contributed by atoms with Crippen LogP contribution in [-0.4, -0.2) is 46.2 Å². The van der Waals surface area contributed by atoms with Crippen molar-refractivity contribution in [2.45, 2.75) is 44.1 Å². The van der Waals surface area contributed by atoms with Crippen molar-refractivity contribution in [2.24, 2.45) is 0 Å². The van der Waals surface area contributed by atoms with Crippen molar-refractivity contribution in [3.8, 4) is 28.7 Å². The molecule has 220 valence electrons. The van der Waals surface area contributed by atoms with Crippen LogP contribution in [0, 0.1) is 0 Å². The lowest BCUT2D eigenvalue weighted by Crippen LogP contribution is -2.24. The fourth-order valence-electron chi connectivity index (χ4n) is 6.76. The predicted octanol–water partition coefficient (Wildman–Crippen LogP) is 5.82. The van der Waals surface area contributed by atoms with Gasteiger partial charge in [-0.15, -0.1) is 5.52 Å². The number of aromatic hydroxyl groups is 2. The number of aliphatic hydroxyl groups excluding tert-OH is 1. The summed E-state index contributed by atoms with van der Waals surface area (Å²) in [7, 11) is 1.46. The summed E-state index contributed by atoms with van der Waals surface area (Å²) >= 11 is 0. The van der Waals surface area contributed by atoms with Gasteiger partial charge >= 0.3 is 5.78 Å². The van der Waals surface area contributed by atoms with E-state index in [1.165, 1.54) is 29.0 Å². The first-order valence-electron chi connectivity index (χ1n) is 14.6. The van der Waals surface area contributed by atoms with Crippen molar-refractivity contribution in [3.63, 3.8) is 0 Å². The quantitative estimate of drug-likeness (QED) is 0.156. The molecule has 0 fully saturated rings. The second-order valence-corrected chi connectivity index (χ2v) is 11.3. The molecule has 2 unspecified atom stereocenters. The highest BCUT2D eigenvalue weighted by molar-refractivity contribution is 6.09. The molecular weight excluding hydrogens is 546 g/mol. The van der Waals surface area contributed by atoms with Crippen LogP contribution in [0.4, 0.5) is 0 Å². The summed E-state index contributed by atoms with van der Waals surface area (Å²) in [5.41, 5.74) is 5.17. The highest BCUT2D eigenvalue weighted by Crippen LogP contribution is 2.54. The van der Waals surface area contributed by atoms with Crippen LogP contribution in [0.15, 0.2) is 60.8 Å². The third-order valence-electron chi connectivity index (χ3n) is 8.78. The largest absolute Gasteiger partial charge is 0.664 e. The van der Waals surface area contributed by atoms with Crippen LogP contribution in [0.5, 0.6) is 28.7 Å². The Morgan fingerprint density at radius 3 is 2.67 bits per heavy atom. The molecule has 4 aromatic carbocycles. The minimum absolute atomic E-state index is 0.0556. The molecule has 0 saturated carbocycles. The third kappa shape index (κ3) is 4.53. The fraction of sp³-hybridized carbons (Fsp3) is 0.286. The molecule has 2 atom stereocenters. The zero-order valence-corrected chi connectivity index (χ0v) is 23.8. The van der Waals surface area contributed by atoms with Gasteiger partial charge in [-0.3, -0.25) is 4.79 Å². The van der Waals surface area contributed by atoms with Gasteiger partial charge in [0.05, 0.1) is 13.7 Å². The van der Waals surface area contributed by atoms with Crippen LogP contribution in [0.2, 0.25) is 0 Å². The second-order valence-electron chi connectivity index (χ2n) is 11.3. The maximum Gasteiger partial charge on any atom is 0.335 e. The van der Waals surface area contributed by atoms with E-state index in [1.807, 2.05) is 6.20 Å². The average molecular weight is 580 g/mol. The van der Waals surface area contributed by atoms with Gasteiger partial charge in [0.25, 0.3) is 0 Å². The molecule has 0 saturated heterocycles. The summed E-state index contributed by atoms with van der Waals surface area (Å²) in [6.07, 6.45) is 4.03. The minimum atomic E-state index is -0.543. The summed E-state index contributed by atoms with van der Waals surface area (Å²) in [6, 6.07) is 17.3. The van der Waals surface area contributed by atoms with Gasteiger partial charge in [-0.1, -0.05) is 42.5 Å². The van der Waals surface area contributed by atoms with Gasteiger partial charge in [-0.05, 0) is 70.2 Å². The van der Waals surface area contributed by atoms with Gasteiger partial charge in [-0.2, -0.15) is 6.20 Å². The number of ether oxygens (including phenoxy) is 3. The van der Waals surface area contributed by atoms with Crippen molar-refractivity contribution < 1.29 is 34.3 Å². The van der Waals surface area contributed by atoms with Gasteiger partial charge in [0.1, 0.15) is 24.0 Å². The zero-order chi connectivity index (χ0) is 29.7. The number of rotatable bonds is 8. The predicted molar refractivity (Wildman–Crippen MR) is 164 cm³/mol. The van der Waals surface area contributed by atoms with E-state index in [0.29, 0.717) is 29.7 Å². The van der Waals surface area contributed by atoms with Crippen LogP contribution in [0.1, 0.15) is 59.1 Å². The van der Waals surface area contributed by atoms with Crippen LogP contribution in [-0.2, 0) is 12.8 Å². The Bertz CT molecular complexity index is 1860. The molecule has 0 spiro atoms. The number of benzene rings is 4. The Hall–Kier alpha value is -4.69. The van der Waals surface area contributed by atoms with Gasteiger partial charge in [0, 0.05) is 18.6 Å². The van der Waals surface area contributed by atoms with Crippen molar-refractivity contribution in [3.05, 3.63) is 88.6 Å². The highest BCUT2D eigenvalue weighted by Gasteiger charge is 2.41. The Balaban J connectivity index is 1.37. The summed E-state index contributed by atoms with van der Waals surface area (Å²) in [5, 5.41) is 34.4. The Labute approximate surface area is 248 Å². The van der Waals surface area contributed by atoms with Crippen molar-refractivity contribution in [2.75, 3.05) is 20.3 Å². The number of aliphatic hydroxyl groups is 1. The minimum Gasteiger partial charge on any atom is -0.664 e. The van der Waals surface area contributed by atoms with Gasteiger partial charge in [0.15, 0.2) is 17.1 Å². The lowest BCUT2D eigenvalue weighted by atomic mass is 9.77. The maximum absolute atomic E-state index is 11.7. The van der Waals surface area contributed by atoms with E-state index < -0.39 is 6.10 Å². The summed E-state index contributed by atoms with van der Waals surface area (Å²) in [4.78, 5) is 16.0. The maximum atomic E-state index is 11.7. The number of hydrogen-bond donors (Lipinski definition) is 3. The van der Waals surface area contributed by atoms with Gasteiger partial charge in [0.2, 0.25) is 5.75 Å². The molecular formula is C35H33NO7. The fourth-order valence-corrected chi connectivity index (χ4v) is 6.76. The number of nitrogens with zero attached hydrogens (tertiary/aromatic N) is 1. The molecule has 1 aromatic heterocycles. The number of carbonyl (C=O) groups excluding carboxylic acids is 1. The highest BCUT2D eigenvalue weighted by atomic mass is 16.5. The molecule has 43 heavy (non-hydrogen) atoms. The average Bonchev–Trinajstić information content (AvgIpc) is 3.49. The van der Waals surface area contributed by atoms with Gasteiger partial charge in [-0.25, -0.2) is 0 Å². The normalized spacial score (nSPS) is 17.6. The number of aromatic nitrogens is 1. The monoisotopic (exact) mass is 579 g/mol. The van der Waals surface area contributed by atoms with Crippen LogP contribution in [0.3, 0.4) is 0 Å². The van der Waals surface area contributed by atoms with E-state index >= 15 is 0 Å². The topological polar surface area (TPSA) is 124 Å². The molecule has 4 N–H and O–H groups in total. The van der Waals surface area contributed by atoms with Crippen LogP contribution >= 0.6 is 0 Å². The molecule has 1 aliphatic carbocycles. The number of aryl methyl sites for hydroxylation is 1. The number of phenols is 2. The molecule has 0 radical (unpaired) electrons. The third-order valence-corrected chi connectivity index (χ3v) is 8.78. The number of phenolic OH excluding ortho intramolecular Hbond substituents is 2. The summed E-state index contributed by atoms with van der Waals surface area (Å²) in [5.74, 6) is 0.843. The molecule has 0 bridgehead atoms. The Morgan fingerprint density at radius 1 is 1.05 bits per heavy atom. The van der Waals surface area contributed by atoms with E-state index in [2.05, 4.69) is 35.3 Å². The molecule has 5 aromatic rings. The van der Waals surface area contributed by atoms with Crippen LogP contribution in [0.25, 0.3) is 21.7 Å². The van der Waals surface area contributed by atoms with E-state index in [9.17, 15) is 20.1 Å². The van der Waals surface area contributed by atoms with Crippen LogP contribution < -0.4 is 19.2 Å². The smallest absolute Gasteiger partial charge is 0.335 e. The summed E-state index contributed by atoms with van der Waals surface area (Å²) in [6.45, 7) is 0.102. The number of fused-ring (bicyclic) bond motifs is 3. The van der Waals surface area contributed by atoms with Gasteiger partial charge < -0.3 is 34.5 Å². The van der Waals surface area contributed by atoms with Crippen molar-refractivity contribution in [1.29, 1.82) is 0 Å². The molecule has 0 amide bonds. The zero-order valence-electron chi connectivity index (χ0n) is 23.8. The first kappa shape index (κ1) is 27.2. The molecule has 8 nitrogen and oxygen atoms in total. The van der Waals surface area contributed by atoms with E-state index in [4.69, 9.17) is 14.2 Å². The van der Waals surface area contributed by atoms with E-state index in [1.54, 1.807) is 24.3 Å². The number of methoxy groups -OCH3 is 1. The molecule has 8 heteroatoms. The van der Waals surface area contributed by atoms with E-state index in [-0.39, 0.29) is 54.3 Å². The first-order chi connectivity index (χ1) is 21.0. The van der Waals surface area contributed by atoms with E-state index in [0.717, 1.165) is 29.3 Å². The van der Waals surface area contributed by atoms with Crippen molar-refractivity contribution >= 4 is 27.5 Å². The first-order valence-corrected chi connectivity index (χ1v) is 14.6. The molecule has 1 aliphatic heterocycles. The van der Waals surface area contributed by atoms with Crippen molar-refractivity contribution in [1.82, 2.24) is 4.98 Å². The number of ketones is 1. The molecule has 2 aliphatic rings. The SMILES string of the molecule is COc1c(O)c(CC2CCc3cc4[n-]ccc4c4cccc2c34)c2c(c1OCCCO)C(=[OH+])CC(c1ccc(O)cc1)O2.